The van der Waals surface area contributed by atoms with E-state index in [2.05, 4.69) is 4.98 Å². The van der Waals surface area contributed by atoms with Crippen molar-refractivity contribution in [1.29, 1.82) is 0 Å². The molecule has 0 spiro atoms. The Kier molecular flexibility index (Phi) is 4.46. The number of rotatable bonds is 5. The summed E-state index contributed by atoms with van der Waals surface area (Å²) in [4.78, 5) is 15.2. The molecule has 0 aliphatic heterocycles. The van der Waals surface area contributed by atoms with Gasteiger partial charge in [0, 0.05) is 11.9 Å². The van der Waals surface area contributed by atoms with Crippen LogP contribution >= 0.6 is 11.6 Å². The summed E-state index contributed by atoms with van der Waals surface area (Å²) in [6.07, 6.45) is 0. The molecule has 112 valence electrons. The molecule has 0 aliphatic rings. The number of hydrogen-bond acceptors (Lipinski definition) is 4. The van der Waals surface area contributed by atoms with E-state index in [0.717, 1.165) is 4.31 Å². The molecule has 0 radical (unpaired) electrons. The van der Waals surface area contributed by atoms with Crippen LogP contribution in [0, 0.1) is 0 Å². The van der Waals surface area contributed by atoms with Gasteiger partial charge in [-0.25, -0.2) is 13.4 Å². The molecule has 1 amide bonds. The molecule has 21 heavy (non-hydrogen) atoms. The lowest BCUT2D eigenvalue weighted by Gasteiger charge is -2.19. The monoisotopic (exact) mass is 327 g/mol. The number of fused-ring (bicyclic) bond motifs is 1. The number of nitrogens with two attached hydrogens (primary N) is 1. The van der Waals surface area contributed by atoms with Crippen LogP contribution in [-0.2, 0) is 14.8 Å². The molecule has 0 bridgehead atoms. The number of pyridine rings is 1. The van der Waals surface area contributed by atoms with Crippen LogP contribution in [0.1, 0.15) is 6.92 Å². The fourth-order valence-corrected chi connectivity index (χ4v) is 3.53. The average molecular weight is 328 g/mol. The van der Waals surface area contributed by atoms with Crippen molar-refractivity contribution in [2.75, 3.05) is 13.1 Å². The van der Waals surface area contributed by atoms with Gasteiger partial charge >= 0.3 is 0 Å². The molecule has 8 heteroatoms. The minimum absolute atomic E-state index is 0.0854. The second-order valence-corrected chi connectivity index (χ2v) is 6.71. The third-order valence-corrected chi connectivity index (χ3v) is 5.08. The van der Waals surface area contributed by atoms with E-state index < -0.39 is 15.9 Å². The van der Waals surface area contributed by atoms with Gasteiger partial charge in [-0.15, -0.1) is 0 Å². The van der Waals surface area contributed by atoms with Crippen LogP contribution in [0.5, 0.6) is 0 Å². The first kappa shape index (κ1) is 15.7. The van der Waals surface area contributed by atoms with Gasteiger partial charge in [0.1, 0.15) is 5.15 Å². The van der Waals surface area contributed by atoms with Crippen molar-refractivity contribution in [3.63, 3.8) is 0 Å². The fourth-order valence-electron chi connectivity index (χ4n) is 1.93. The summed E-state index contributed by atoms with van der Waals surface area (Å²) in [5, 5.41) is 0.984. The Morgan fingerprint density at radius 1 is 1.33 bits per heavy atom. The number of primary amides is 1. The largest absolute Gasteiger partial charge is 0.369 e. The van der Waals surface area contributed by atoms with Crippen molar-refractivity contribution in [2.45, 2.75) is 11.8 Å². The van der Waals surface area contributed by atoms with Crippen LogP contribution in [0.15, 0.2) is 35.2 Å². The van der Waals surface area contributed by atoms with Gasteiger partial charge in [-0.1, -0.05) is 18.5 Å². The highest BCUT2D eigenvalue weighted by atomic mass is 35.5. The Bertz CT molecular complexity index is 792. The summed E-state index contributed by atoms with van der Waals surface area (Å²) in [6.45, 7) is 1.45. The Hall–Kier alpha value is -1.70. The number of halogens is 1. The Labute approximate surface area is 127 Å². The molecular weight excluding hydrogens is 314 g/mol. The Balaban J connectivity index is 2.48. The molecule has 2 aromatic rings. The van der Waals surface area contributed by atoms with Gasteiger partial charge < -0.3 is 5.73 Å². The summed E-state index contributed by atoms with van der Waals surface area (Å²) in [7, 11) is -3.78. The van der Waals surface area contributed by atoms with Crippen LogP contribution in [-0.4, -0.2) is 36.7 Å². The normalized spacial score (nSPS) is 12.0. The molecule has 1 aromatic carbocycles. The zero-order valence-electron chi connectivity index (χ0n) is 11.3. The van der Waals surface area contributed by atoms with E-state index in [0.29, 0.717) is 16.1 Å². The van der Waals surface area contributed by atoms with Crippen LogP contribution < -0.4 is 5.73 Å². The maximum absolute atomic E-state index is 12.5. The molecule has 0 aliphatic carbocycles. The minimum atomic E-state index is -3.78. The van der Waals surface area contributed by atoms with Crippen LogP contribution in [0.3, 0.4) is 0 Å². The molecule has 0 saturated heterocycles. The lowest BCUT2D eigenvalue weighted by atomic mass is 10.2. The summed E-state index contributed by atoms with van der Waals surface area (Å²) >= 11 is 5.79. The quantitative estimate of drug-likeness (QED) is 0.840. The number of nitrogens with zero attached hydrogens (tertiary/aromatic N) is 2. The summed E-state index contributed by atoms with van der Waals surface area (Å²) in [5.74, 6) is -0.699. The first-order valence-corrected chi connectivity index (χ1v) is 8.01. The number of amides is 1. The van der Waals surface area contributed by atoms with Crippen molar-refractivity contribution < 1.29 is 13.2 Å². The topological polar surface area (TPSA) is 93.4 Å². The van der Waals surface area contributed by atoms with Gasteiger partial charge in [0.25, 0.3) is 0 Å². The molecule has 1 heterocycles. The summed E-state index contributed by atoms with van der Waals surface area (Å²) in [6, 6.07) is 7.78. The van der Waals surface area contributed by atoms with E-state index in [-0.39, 0.29) is 18.0 Å². The number of carbonyl (C=O) groups is 1. The first-order valence-electron chi connectivity index (χ1n) is 6.19. The number of aromatic nitrogens is 1. The number of hydrogen-bond donors (Lipinski definition) is 1. The van der Waals surface area contributed by atoms with E-state index in [1.54, 1.807) is 25.1 Å². The molecule has 0 fully saturated rings. The smallest absolute Gasteiger partial charge is 0.243 e. The predicted molar refractivity (Wildman–Crippen MR) is 80.4 cm³/mol. The lowest BCUT2D eigenvalue weighted by molar-refractivity contribution is -0.118. The number of likely N-dealkylation sites (N-methyl/N-ethyl adjacent to an activating group) is 1. The highest BCUT2D eigenvalue weighted by Gasteiger charge is 2.24. The van der Waals surface area contributed by atoms with Crippen molar-refractivity contribution >= 4 is 38.4 Å². The van der Waals surface area contributed by atoms with Gasteiger partial charge in [0.2, 0.25) is 15.9 Å². The minimum Gasteiger partial charge on any atom is -0.369 e. The Morgan fingerprint density at radius 3 is 2.67 bits per heavy atom. The molecule has 6 nitrogen and oxygen atoms in total. The maximum Gasteiger partial charge on any atom is 0.243 e. The van der Waals surface area contributed by atoms with Gasteiger partial charge in [-0.2, -0.15) is 4.31 Å². The molecule has 2 rings (SSSR count). The number of benzene rings is 1. The molecule has 2 N–H and O–H groups in total. The summed E-state index contributed by atoms with van der Waals surface area (Å²) in [5.41, 5.74) is 5.68. The molecular formula is C13H14ClN3O3S. The predicted octanol–water partition coefficient (Wildman–Crippen LogP) is 1.38. The summed E-state index contributed by atoms with van der Waals surface area (Å²) < 4.78 is 26.0. The molecule has 0 atom stereocenters. The lowest BCUT2D eigenvalue weighted by Crippen LogP contribution is -2.38. The highest BCUT2D eigenvalue weighted by Crippen LogP contribution is 2.22. The first-order chi connectivity index (χ1) is 9.84. The second kappa shape index (κ2) is 5.97. The van der Waals surface area contributed by atoms with Gasteiger partial charge in [0.05, 0.1) is 17.0 Å². The van der Waals surface area contributed by atoms with Crippen molar-refractivity contribution in [2.24, 2.45) is 5.73 Å². The van der Waals surface area contributed by atoms with E-state index in [4.69, 9.17) is 17.3 Å². The fraction of sp³-hybridized carbons (Fsp3) is 0.231. The van der Waals surface area contributed by atoms with Crippen LogP contribution in [0.25, 0.3) is 10.9 Å². The van der Waals surface area contributed by atoms with E-state index in [1.165, 1.54) is 12.1 Å². The highest BCUT2D eigenvalue weighted by molar-refractivity contribution is 7.89. The van der Waals surface area contributed by atoms with Crippen LogP contribution in [0.4, 0.5) is 0 Å². The number of carbonyl (C=O) groups excluding carboxylic acids is 1. The molecule has 0 saturated carbocycles. The van der Waals surface area contributed by atoms with Crippen molar-refractivity contribution in [3.8, 4) is 0 Å². The Morgan fingerprint density at radius 2 is 2.05 bits per heavy atom. The third kappa shape index (κ3) is 3.31. The van der Waals surface area contributed by atoms with Crippen molar-refractivity contribution in [3.05, 3.63) is 35.5 Å². The average Bonchev–Trinajstić information content (AvgIpc) is 2.43. The van der Waals surface area contributed by atoms with Crippen LogP contribution in [0.2, 0.25) is 5.15 Å². The van der Waals surface area contributed by atoms with Gasteiger partial charge in [0.15, 0.2) is 0 Å². The maximum atomic E-state index is 12.5. The number of sulfonamides is 1. The zero-order chi connectivity index (χ0) is 15.6. The SMILES string of the molecule is CCN(CC(N)=O)S(=O)(=O)c1ccc2nc(Cl)ccc2c1. The zero-order valence-corrected chi connectivity index (χ0v) is 12.9. The molecule has 1 aromatic heterocycles. The third-order valence-electron chi connectivity index (χ3n) is 2.95. The van der Waals surface area contributed by atoms with Gasteiger partial charge in [-0.05, 0) is 30.3 Å². The second-order valence-electron chi connectivity index (χ2n) is 4.39. The molecule has 0 unspecified atom stereocenters. The standard InChI is InChI=1S/C13H14ClN3O3S/c1-2-17(8-13(15)18)21(19,20)10-4-5-11-9(7-10)3-6-12(14)16-11/h3-7H,2,8H2,1H3,(H2,15,18). The van der Waals surface area contributed by atoms with E-state index in [9.17, 15) is 13.2 Å². The van der Waals surface area contributed by atoms with E-state index in [1.807, 2.05) is 0 Å². The van der Waals surface area contributed by atoms with E-state index >= 15 is 0 Å². The van der Waals surface area contributed by atoms with Crippen molar-refractivity contribution in [1.82, 2.24) is 9.29 Å². The van der Waals surface area contributed by atoms with Gasteiger partial charge in [-0.3, -0.25) is 4.79 Å².